The van der Waals surface area contributed by atoms with E-state index < -0.39 is 0 Å². The van der Waals surface area contributed by atoms with E-state index in [2.05, 4.69) is 28.4 Å². The van der Waals surface area contributed by atoms with Gasteiger partial charge in [0.2, 0.25) is 0 Å². The summed E-state index contributed by atoms with van der Waals surface area (Å²) in [7, 11) is 5.76. The summed E-state index contributed by atoms with van der Waals surface area (Å²) in [4.78, 5) is 4.52. The number of anilines is 2. The number of fused-ring (bicyclic) bond motifs is 2. The van der Waals surface area contributed by atoms with Crippen LogP contribution in [0, 0.1) is 0 Å². The van der Waals surface area contributed by atoms with Crippen LogP contribution in [0.4, 0.5) is 17.1 Å². The molecule has 0 saturated carbocycles. The Bertz CT molecular complexity index is 715. The zero-order valence-electron chi connectivity index (χ0n) is 12.0. The van der Waals surface area contributed by atoms with E-state index in [1.54, 1.807) is 16.8 Å². The molecular formula is C15H15ClN4S. The monoisotopic (exact) mass is 318 g/mol. The zero-order valence-corrected chi connectivity index (χ0v) is 13.6. The fourth-order valence-corrected chi connectivity index (χ4v) is 3.56. The molecule has 21 heavy (non-hydrogen) atoms. The average Bonchev–Trinajstić information content (AvgIpc) is 2.45. The minimum Gasteiger partial charge on any atom is -0.343 e. The quantitative estimate of drug-likeness (QED) is 0.568. The van der Waals surface area contributed by atoms with Gasteiger partial charge in [0.25, 0.3) is 0 Å². The summed E-state index contributed by atoms with van der Waals surface area (Å²) in [6.07, 6.45) is 0. The molecule has 2 aromatic rings. The molecule has 0 bridgehead atoms. The molecule has 0 aromatic heterocycles. The number of rotatable bonds is 2. The highest BCUT2D eigenvalue weighted by molar-refractivity contribution is 7.99. The first-order valence-corrected chi connectivity index (χ1v) is 7.68. The third-order valence-corrected chi connectivity index (χ3v) is 4.49. The van der Waals surface area contributed by atoms with Gasteiger partial charge in [-0.1, -0.05) is 28.6 Å². The molecule has 1 aliphatic rings. The predicted molar refractivity (Wildman–Crippen MR) is 88.3 cm³/mol. The molecule has 6 heteroatoms. The lowest BCUT2D eigenvalue weighted by atomic mass is 10.2. The van der Waals surface area contributed by atoms with Gasteiger partial charge in [-0.05, 0) is 36.4 Å². The van der Waals surface area contributed by atoms with Crippen molar-refractivity contribution >= 4 is 40.4 Å². The van der Waals surface area contributed by atoms with E-state index in [0.29, 0.717) is 0 Å². The maximum atomic E-state index is 6.08. The maximum absolute atomic E-state index is 6.08. The first kappa shape index (κ1) is 14.2. The van der Waals surface area contributed by atoms with Crippen LogP contribution in [0.5, 0.6) is 0 Å². The summed E-state index contributed by atoms with van der Waals surface area (Å²) in [5.41, 5.74) is 3.12. The second-order valence-electron chi connectivity index (χ2n) is 4.96. The van der Waals surface area contributed by atoms with Crippen LogP contribution in [0.3, 0.4) is 0 Å². The number of hydrogen-bond acceptors (Lipinski definition) is 4. The normalized spacial score (nSPS) is 13.2. The van der Waals surface area contributed by atoms with Crippen molar-refractivity contribution in [2.24, 2.45) is 10.3 Å². The number of hydrogen-bond donors (Lipinski definition) is 0. The van der Waals surface area contributed by atoms with E-state index in [1.807, 2.05) is 44.4 Å². The summed E-state index contributed by atoms with van der Waals surface area (Å²) in [6.45, 7) is 0. The molecule has 3 rings (SSSR count). The molecule has 0 unspecified atom stereocenters. The summed E-state index contributed by atoms with van der Waals surface area (Å²) < 4.78 is 0. The molecule has 2 aromatic carbocycles. The van der Waals surface area contributed by atoms with Crippen LogP contribution in [0.2, 0.25) is 5.02 Å². The summed E-state index contributed by atoms with van der Waals surface area (Å²) >= 11 is 7.81. The van der Waals surface area contributed by atoms with Crippen molar-refractivity contribution in [1.82, 2.24) is 5.01 Å². The smallest absolute Gasteiger partial charge is 0.0895 e. The fourth-order valence-electron chi connectivity index (χ4n) is 2.15. The molecule has 0 saturated heterocycles. The van der Waals surface area contributed by atoms with E-state index in [0.717, 1.165) is 22.1 Å². The topological polar surface area (TPSA) is 31.2 Å². The highest BCUT2D eigenvalue weighted by atomic mass is 35.5. The van der Waals surface area contributed by atoms with Crippen molar-refractivity contribution in [1.29, 1.82) is 0 Å². The second-order valence-corrected chi connectivity index (χ2v) is 6.48. The Hall–Kier alpha value is -1.72. The van der Waals surface area contributed by atoms with Gasteiger partial charge >= 0.3 is 0 Å². The predicted octanol–water partition coefficient (Wildman–Crippen LogP) is 5.13. The molecule has 0 spiro atoms. The summed E-state index contributed by atoms with van der Waals surface area (Å²) in [5.74, 6) is 0. The van der Waals surface area contributed by atoms with Crippen LogP contribution in [0.1, 0.15) is 0 Å². The van der Waals surface area contributed by atoms with Gasteiger partial charge in [0, 0.05) is 36.0 Å². The molecule has 0 amide bonds. The number of benzene rings is 2. The van der Waals surface area contributed by atoms with Crippen molar-refractivity contribution in [3.63, 3.8) is 0 Å². The van der Waals surface area contributed by atoms with Crippen LogP contribution in [-0.2, 0) is 0 Å². The molecule has 1 aliphatic heterocycles. The van der Waals surface area contributed by atoms with Crippen LogP contribution in [-0.4, -0.2) is 26.2 Å². The second kappa shape index (κ2) is 5.58. The van der Waals surface area contributed by atoms with Crippen LogP contribution >= 0.6 is 23.4 Å². The molecule has 0 fully saturated rings. The SMILES string of the molecule is CN(C)N=Nc1ccc2c(c1)N(C)c1ccc(Cl)cc1S2. The van der Waals surface area contributed by atoms with Crippen molar-refractivity contribution in [3.8, 4) is 0 Å². The van der Waals surface area contributed by atoms with Gasteiger partial charge in [-0.25, -0.2) is 0 Å². The van der Waals surface area contributed by atoms with Crippen LogP contribution in [0.25, 0.3) is 0 Å². The van der Waals surface area contributed by atoms with Gasteiger partial charge in [-0.2, -0.15) is 0 Å². The van der Waals surface area contributed by atoms with Gasteiger partial charge in [0.15, 0.2) is 0 Å². The van der Waals surface area contributed by atoms with E-state index in [9.17, 15) is 0 Å². The molecule has 0 radical (unpaired) electrons. The Labute approximate surface area is 133 Å². The average molecular weight is 319 g/mol. The number of halogens is 1. The highest BCUT2D eigenvalue weighted by Crippen LogP contribution is 2.49. The van der Waals surface area contributed by atoms with E-state index in [1.165, 1.54) is 9.79 Å². The summed E-state index contributed by atoms with van der Waals surface area (Å²) in [6, 6.07) is 12.1. The summed E-state index contributed by atoms with van der Waals surface area (Å²) in [5, 5.41) is 10.7. The first-order valence-electron chi connectivity index (χ1n) is 6.49. The third-order valence-electron chi connectivity index (χ3n) is 3.15. The molecule has 0 N–H and O–H groups in total. The fraction of sp³-hybridized carbons (Fsp3) is 0.200. The standard InChI is InChI=1S/C15H15ClN4S/c1-19(2)18-17-11-5-7-14-13(9-11)20(3)12-6-4-10(16)8-15(12)21-14/h4-9H,1-3H3. The lowest BCUT2D eigenvalue weighted by Crippen LogP contribution is -2.14. The van der Waals surface area contributed by atoms with Crippen molar-refractivity contribution in [2.75, 3.05) is 26.0 Å². The van der Waals surface area contributed by atoms with Crippen LogP contribution < -0.4 is 4.90 Å². The first-order chi connectivity index (χ1) is 10.0. The van der Waals surface area contributed by atoms with Crippen LogP contribution in [0.15, 0.2) is 56.5 Å². The Morgan fingerprint density at radius 1 is 1.05 bits per heavy atom. The Balaban J connectivity index is 2.00. The van der Waals surface area contributed by atoms with Gasteiger partial charge in [-0.3, -0.25) is 5.01 Å². The molecule has 0 atom stereocenters. The van der Waals surface area contributed by atoms with Crippen molar-refractivity contribution in [3.05, 3.63) is 41.4 Å². The Morgan fingerprint density at radius 3 is 2.62 bits per heavy atom. The van der Waals surface area contributed by atoms with E-state index >= 15 is 0 Å². The third kappa shape index (κ3) is 2.84. The Morgan fingerprint density at radius 2 is 1.86 bits per heavy atom. The molecule has 108 valence electrons. The molecule has 0 aliphatic carbocycles. The van der Waals surface area contributed by atoms with Gasteiger partial charge in [0.1, 0.15) is 0 Å². The minimum absolute atomic E-state index is 0.759. The zero-order chi connectivity index (χ0) is 15.0. The lowest BCUT2D eigenvalue weighted by Gasteiger charge is -2.29. The molecule has 4 nitrogen and oxygen atoms in total. The van der Waals surface area contributed by atoms with Gasteiger partial charge < -0.3 is 4.90 Å². The van der Waals surface area contributed by atoms with Gasteiger partial charge in [-0.15, -0.1) is 5.11 Å². The largest absolute Gasteiger partial charge is 0.343 e. The minimum atomic E-state index is 0.759. The van der Waals surface area contributed by atoms with Crippen molar-refractivity contribution in [2.45, 2.75) is 9.79 Å². The molecular weight excluding hydrogens is 304 g/mol. The van der Waals surface area contributed by atoms with E-state index in [4.69, 9.17) is 11.6 Å². The van der Waals surface area contributed by atoms with Gasteiger partial charge in [0.05, 0.1) is 17.1 Å². The maximum Gasteiger partial charge on any atom is 0.0895 e. The number of nitrogens with zero attached hydrogens (tertiary/aromatic N) is 4. The van der Waals surface area contributed by atoms with Crippen molar-refractivity contribution < 1.29 is 0 Å². The highest BCUT2D eigenvalue weighted by Gasteiger charge is 2.21. The molecule has 1 heterocycles. The lowest BCUT2D eigenvalue weighted by molar-refractivity contribution is 0.408. The van der Waals surface area contributed by atoms with E-state index in [-0.39, 0.29) is 0 Å². The Kier molecular flexibility index (Phi) is 3.78.